The fraction of sp³-hybridized carbons (Fsp3) is 0.200. The van der Waals surface area contributed by atoms with Crippen LogP contribution in [0.3, 0.4) is 0 Å². The highest BCUT2D eigenvalue weighted by atomic mass is 32.2. The first-order chi connectivity index (χ1) is 12.8. The molecule has 138 valence electrons. The van der Waals surface area contributed by atoms with Crippen molar-refractivity contribution in [2.75, 3.05) is 6.26 Å². The molecule has 4 rings (SSSR count). The summed E-state index contributed by atoms with van der Waals surface area (Å²) >= 11 is 0. The largest absolute Gasteiger partial charge is 0.275 e. The second-order valence-electron chi connectivity index (χ2n) is 6.72. The Kier molecular flexibility index (Phi) is 4.19. The summed E-state index contributed by atoms with van der Waals surface area (Å²) in [6.45, 7) is 0. The van der Waals surface area contributed by atoms with Crippen molar-refractivity contribution >= 4 is 9.84 Å². The van der Waals surface area contributed by atoms with Gasteiger partial charge in [0.05, 0.1) is 22.7 Å². The molecule has 1 saturated carbocycles. The van der Waals surface area contributed by atoms with E-state index in [1.807, 2.05) is 0 Å². The third-order valence-electron chi connectivity index (χ3n) is 4.62. The number of nitrogens with zero attached hydrogens (tertiary/aromatic N) is 2. The molecule has 0 saturated heterocycles. The fourth-order valence-corrected chi connectivity index (χ4v) is 3.67. The van der Waals surface area contributed by atoms with Gasteiger partial charge in [-0.25, -0.2) is 17.5 Å². The highest BCUT2D eigenvalue weighted by Crippen LogP contribution is 2.35. The Balaban J connectivity index is 1.91. The van der Waals surface area contributed by atoms with Gasteiger partial charge in [-0.3, -0.25) is 4.79 Å². The molecule has 2 aromatic carbocycles. The number of sulfone groups is 1. The van der Waals surface area contributed by atoms with Gasteiger partial charge in [0.25, 0.3) is 5.56 Å². The maximum atomic E-state index is 13.3. The lowest BCUT2D eigenvalue weighted by Gasteiger charge is -2.12. The van der Waals surface area contributed by atoms with Crippen LogP contribution in [0.2, 0.25) is 0 Å². The zero-order valence-electron chi connectivity index (χ0n) is 14.6. The van der Waals surface area contributed by atoms with Gasteiger partial charge in [-0.05, 0) is 48.2 Å². The Morgan fingerprint density at radius 1 is 1.00 bits per heavy atom. The quantitative estimate of drug-likeness (QED) is 0.691. The maximum absolute atomic E-state index is 13.3. The van der Waals surface area contributed by atoms with Crippen LogP contribution >= 0.6 is 0 Å². The molecule has 0 radical (unpaired) electrons. The fourth-order valence-electron chi connectivity index (χ4n) is 3.04. The molecule has 1 aliphatic carbocycles. The van der Waals surface area contributed by atoms with E-state index in [1.165, 1.54) is 28.9 Å². The van der Waals surface area contributed by atoms with Gasteiger partial charge in [-0.2, -0.15) is 5.10 Å². The van der Waals surface area contributed by atoms with E-state index in [0.717, 1.165) is 19.1 Å². The molecule has 1 heterocycles. The Hall–Kier alpha value is -2.80. The number of aromatic nitrogens is 2. The topological polar surface area (TPSA) is 69.0 Å². The smallest absolute Gasteiger partial charge is 0.267 e. The van der Waals surface area contributed by atoms with Crippen molar-refractivity contribution in [2.24, 2.45) is 0 Å². The monoisotopic (exact) mass is 384 g/mol. The van der Waals surface area contributed by atoms with Crippen molar-refractivity contribution in [1.29, 1.82) is 0 Å². The van der Waals surface area contributed by atoms with Crippen LogP contribution in [0.1, 0.15) is 18.9 Å². The van der Waals surface area contributed by atoms with Gasteiger partial charge < -0.3 is 0 Å². The summed E-state index contributed by atoms with van der Waals surface area (Å²) in [6.07, 6.45) is 4.59. The number of rotatable bonds is 4. The second kappa shape index (κ2) is 6.42. The normalized spacial score (nSPS) is 14.3. The van der Waals surface area contributed by atoms with E-state index in [1.54, 1.807) is 30.5 Å². The lowest BCUT2D eigenvalue weighted by Crippen LogP contribution is -2.24. The van der Waals surface area contributed by atoms with Crippen molar-refractivity contribution in [2.45, 2.75) is 23.8 Å². The molecule has 0 bridgehead atoms. The van der Waals surface area contributed by atoms with Crippen molar-refractivity contribution in [1.82, 2.24) is 9.78 Å². The van der Waals surface area contributed by atoms with Gasteiger partial charge in [-0.1, -0.05) is 24.3 Å². The predicted molar refractivity (Wildman–Crippen MR) is 101 cm³/mol. The molecule has 3 aromatic rings. The summed E-state index contributed by atoms with van der Waals surface area (Å²) in [7, 11) is -3.31. The van der Waals surface area contributed by atoms with Gasteiger partial charge in [0.15, 0.2) is 9.84 Å². The summed E-state index contributed by atoms with van der Waals surface area (Å²) in [6, 6.07) is 12.2. The van der Waals surface area contributed by atoms with Crippen LogP contribution in [-0.2, 0) is 9.84 Å². The SMILES string of the molecule is CS(=O)(=O)c1ccc(-c2cnn(C3CC3)c(=O)c2-c2ccc(F)cc2)cc1. The number of benzene rings is 2. The van der Waals surface area contributed by atoms with Crippen molar-refractivity contribution in [3.05, 3.63) is 70.9 Å². The van der Waals surface area contributed by atoms with Crippen molar-refractivity contribution in [3.63, 3.8) is 0 Å². The highest BCUT2D eigenvalue weighted by molar-refractivity contribution is 7.90. The number of hydrogen-bond donors (Lipinski definition) is 0. The van der Waals surface area contributed by atoms with Gasteiger partial charge in [-0.15, -0.1) is 0 Å². The van der Waals surface area contributed by atoms with Crippen molar-refractivity contribution < 1.29 is 12.8 Å². The third-order valence-corrected chi connectivity index (χ3v) is 5.75. The molecule has 0 atom stereocenters. The lowest BCUT2D eigenvalue weighted by molar-refractivity contribution is 0.601. The summed E-state index contributed by atoms with van der Waals surface area (Å²) in [5.74, 6) is -0.380. The minimum absolute atomic E-state index is 0.110. The molecule has 1 aromatic heterocycles. The predicted octanol–water partition coefficient (Wildman–Crippen LogP) is 3.45. The van der Waals surface area contributed by atoms with Crippen molar-refractivity contribution in [3.8, 4) is 22.3 Å². The van der Waals surface area contributed by atoms with E-state index < -0.39 is 9.84 Å². The first-order valence-corrected chi connectivity index (χ1v) is 10.4. The molecule has 7 heteroatoms. The summed E-state index contributed by atoms with van der Waals surface area (Å²) in [5, 5.41) is 4.30. The van der Waals surface area contributed by atoms with Crippen LogP contribution in [0.15, 0.2) is 64.4 Å². The van der Waals surface area contributed by atoms with Gasteiger partial charge >= 0.3 is 0 Å². The molecule has 27 heavy (non-hydrogen) atoms. The standard InChI is InChI=1S/C20H17FN2O3S/c1-27(25,26)17-10-4-13(5-11-17)18-12-22-23(16-8-9-16)20(24)19(18)14-2-6-15(21)7-3-14/h2-7,10-12,16H,8-9H2,1H3. The van der Waals surface area contributed by atoms with Crippen LogP contribution < -0.4 is 5.56 Å². The Labute approximate surface area is 156 Å². The van der Waals surface area contributed by atoms with Crippen LogP contribution in [0.25, 0.3) is 22.3 Å². The molecule has 0 N–H and O–H groups in total. The van der Waals surface area contributed by atoms with E-state index in [4.69, 9.17) is 0 Å². The average molecular weight is 384 g/mol. The van der Waals surface area contributed by atoms with Gasteiger partial charge in [0.2, 0.25) is 0 Å². The summed E-state index contributed by atoms with van der Waals surface area (Å²) < 4.78 is 38.2. The average Bonchev–Trinajstić information content (AvgIpc) is 3.47. The Morgan fingerprint density at radius 2 is 1.59 bits per heavy atom. The number of hydrogen-bond acceptors (Lipinski definition) is 4. The van der Waals surface area contributed by atoms with E-state index in [-0.39, 0.29) is 22.3 Å². The first-order valence-electron chi connectivity index (χ1n) is 8.53. The molecule has 1 aliphatic rings. The van der Waals surface area contributed by atoms with Crippen LogP contribution in [0.4, 0.5) is 4.39 Å². The maximum Gasteiger partial charge on any atom is 0.275 e. The minimum Gasteiger partial charge on any atom is -0.267 e. The van der Waals surface area contributed by atoms with E-state index >= 15 is 0 Å². The molecule has 0 amide bonds. The van der Waals surface area contributed by atoms with E-state index in [0.29, 0.717) is 22.3 Å². The molecule has 0 spiro atoms. The number of halogens is 1. The van der Waals surface area contributed by atoms with E-state index in [2.05, 4.69) is 5.10 Å². The molecule has 0 aliphatic heterocycles. The highest BCUT2D eigenvalue weighted by Gasteiger charge is 2.28. The zero-order chi connectivity index (χ0) is 19.2. The summed E-state index contributed by atoms with van der Waals surface area (Å²) in [5.41, 5.74) is 2.07. The molecular weight excluding hydrogens is 367 g/mol. The van der Waals surface area contributed by atoms with E-state index in [9.17, 15) is 17.6 Å². The molecular formula is C20H17FN2O3S. The van der Waals surface area contributed by atoms with Crippen LogP contribution in [-0.4, -0.2) is 24.5 Å². The molecule has 1 fully saturated rings. The summed E-state index contributed by atoms with van der Waals surface area (Å²) in [4.78, 5) is 13.3. The zero-order valence-corrected chi connectivity index (χ0v) is 15.4. The van der Waals surface area contributed by atoms with Crippen LogP contribution in [0, 0.1) is 5.82 Å². The Bertz CT molecular complexity index is 1160. The van der Waals surface area contributed by atoms with Gasteiger partial charge in [0.1, 0.15) is 5.82 Å². The molecule has 0 unspecified atom stereocenters. The molecule has 5 nitrogen and oxygen atoms in total. The first kappa shape index (κ1) is 17.6. The minimum atomic E-state index is -3.31. The van der Waals surface area contributed by atoms with Gasteiger partial charge in [0, 0.05) is 11.8 Å². The van der Waals surface area contributed by atoms with Crippen LogP contribution in [0.5, 0.6) is 0 Å². The Morgan fingerprint density at radius 3 is 2.15 bits per heavy atom. The second-order valence-corrected chi connectivity index (χ2v) is 8.73. The lowest BCUT2D eigenvalue weighted by atomic mass is 9.97. The third kappa shape index (κ3) is 3.42.